The normalized spacial score (nSPS) is 16.5. The summed E-state index contributed by atoms with van der Waals surface area (Å²) in [7, 11) is 3.38. The molecule has 1 atom stereocenters. The van der Waals surface area contributed by atoms with Crippen molar-refractivity contribution >= 4 is 17.5 Å². The van der Waals surface area contributed by atoms with Crippen molar-refractivity contribution in [2.45, 2.75) is 25.8 Å². The molecule has 1 aromatic carbocycles. The highest BCUT2D eigenvalue weighted by molar-refractivity contribution is 6.04. The topological polar surface area (TPSA) is 88.5 Å². The van der Waals surface area contributed by atoms with E-state index in [-0.39, 0.29) is 17.9 Å². The lowest BCUT2D eigenvalue weighted by molar-refractivity contribution is 0.0827. The Morgan fingerprint density at radius 1 is 1.36 bits per heavy atom. The van der Waals surface area contributed by atoms with E-state index in [1.807, 2.05) is 17.8 Å². The minimum Gasteiger partial charge on any atom is -0.492 e. The summed E-state index contributed by atoms with van der Waals surface area (Å²) >= 11 is 0. The minimum absolute atomic E-state index is 0.126. The van der Waals surface area contributed by atoms with Crippen LogP contribution in [0.25, 0.3) is 0 Å². The molecule has 1 aliphatic heterocycles. The molecule has 0 saturated carbocycles. The van der Waals surface area contributed by atoms with Gasteiger partial charge in [-0.3, -0.25) is 14.3 Å². The van der Waals surface area contributed by atoms with E-state index in [9.17, 15) is 9.59 Å². The average Bonchev–Trinajstić information content (AvgIpc) is 3.20. The van der Waals surface area contributed by atoms with Crippen molar-refractivity contribution < 1.29 is 14.3 Å². The summed E-state index contributed by atoms with van der Waals surface area (Å²) in [6.45, 7) is 4.16. The van der Waals surface area contributed by atoms with Gasteiger partial charge in [0, 0.05) is 32.4 Å². The van der Waals surface area contributed by atoms with Crippen LogP contribution in [-0.4, -0.2) is 60.3 Å². The molecule has 150 valence electrons. The third-order valence-corrected chi connectivity index (χ3v) is 4.67. The third kappa shape index (κ3) is 4.51. The zero-order valence-electron chi connectivity index (χ0n) is 16.6. The number of nitrogens with one attached hydrogen (secondary N) is 2. The van der Waals surface area contributed by atoms with E-state index in [0.29, 0.717) is 29.3 Å². The van der Waals surface area contributed by atoms with Crippen molar-refractivity contribution in [3.63, 3.8) is 0 Å². The van der Waals surface area contributed by atoms with E-state index < -0.39 is 0 Å². The maximum Gasteiger partial charge on any atom is 0.276 e. The molecule has 1 fully saturated rings. The first kappa shape index (κ1) is 19.9. The molecule has 1 saturated heterocycles. The van der Waals surface area contributed by atoms with E-state index in [1.54, 1.807) is 38.4 Å². The number of aromatic nitrogens is 2. The predicted molar refractivity (Wildman–Crippen MR) is 107 cm³/mol. The summed E-state index contributed by atoms with van der Waals surface area (Å²) < 4.78 is 7.48. The van der Waals surface area contributed by atoms with Crippen LogP contribution in [0.15, 0.2) is 30.5 Å². The van der Waals surface area contributed by atoms with Crippen molar-refractivity contribution in [1.82, 2.24) is 20.0 Å². The van der Waals surface area contributed by atoms with Crippen LogP contribution in [0.1, 0.15) is 46.7 Å². The number of rotatable bonds is 6. The van der Waals surface area contributed by atoms with Crippen LogP contribution in [0.4, 0.5) is 5.69 Å². The van der Waals surface area contributed by atoms with Gasteiger partial charge in [0.2, 0.25) is 0 Å². The van der Waals surface area contributed by atoms with E-state index in [2.05, 4.69) is 15.7 Å². The average molecular weight is 385 g/mol. The van der Waals surface area contributed by atoms with Gasteiger partial charge in [-0.25, -0.2) is 0 Å². The van der Waals surface area contributed by atoms with Crippen LogP contribution in [0, 0.1) is 0 Å². The molecule has 0 aliphatic carbocycles. The summed E-state index contributed by atoms with van der Waals surface area (Å²) in [4.78, 5) is 26.3. The first-order valence-corrected chi connectivity index (χ1v) is 9.55. The SMILES string of the molecule is CCOc1cc(C(=O)N(C)C)ccc1NC(=O)c1ccn(C2CCCNC2)n1. The summed E-state index contributed by atoms with van der Waals surface area (Å²) in [5.41, 5.74) is 1.36. The van der Waals surface area contributed by atoms with Crippen LogP contribution in [0.5, 0.6) is 5.75 Å². The highest BCUT2D eigenvalue weighted by atomic mass is 16.5. The molecule has 8 heteroatoms. The summed E-state index contributed by atoms with van der Waals surface area (Å²) in [6.07, 6.45) is 3.99. The van der Waals surface area contributed by atoms with Gasteiger partial charge in [-0.15, -0.1) is 0 Å². The highest BCUT2D eigenvalue weighted by Crippen LogP contribution is 2.27. The lowest BCUT2D eigenvalue weighted by atomic mass is 10.1. The number of anilines is 1. The molecule has 2 amide bonds. The molecule has 1 aromatic heterocycles. The van der Waals surface area contributed by atoms with Crippen LogP contribution in [-0.2, 0) is 0 Å². The number of carbonyl (C=O) groups excluding carboxylic acids is 2. The summed E-state index contributed by atoms with van der Waals surface area (Å²) in [5, 5.41) is 10.6. The Hall–Kier alpha value is -2.87. The van der Waals surface area contributed by atoms with E-state index in [4.69, 9.17) is 4.74 Å². The van der Waals surface area contributed by atoms with Crippen LogP contribution >= 0.6 is 0 Å². The fourth-order valence-electron chi connectivity index (χ4n) is 3.20. The van der Waals surface area contributed by atoms with E-state index >= 15 is 0 Å². The second kappa shape index (κ2) is 8.88. The van der Waals surface area contributed by atoms with Gasteiger partial charge in [-0.2, -0.15) is 5.10 Å². The molecule has 2 heterocycles. The van der Waals surface area contributed by atoms with Gasteiger partial charge < -0.3 is 20.3 Å². The molecule has 3 rings (SSSR count). The molecule has 2 aromatic rings. The lowest BCUT2D eigenvalue weighted by Crippen LogP contribution is -2.32. The molecule has 1 aliphatic rings. The van der Waals surface area contributed by atoms with Gasteiger partial charge >= 0.3 is 0 Å². The molecule has 1 unspecified atom stereocenters. The molecule has 0 spiro atoms. The highest BCUT2D eigenvalue weighted by Gasteiger charge is 2.19. The van der Waals surface area contributed by atoms with Gasteiger partial charge in [0.15, 0.2) is 5.69 Å². The predicted octanol–water partition coefficient (Wildman–Crippen LogP) is 2.16. The number of piperidine rings is 1. The standard InChI is InChI=1S/C20H27N5O3/c1-4-28-18-12-14(20(27)24(2)3)7-8-16(18)22-19(26)17-9-11-25(23-17)15-6-5-10-21-13-15/h7-9,11-12,15,21H,4-6,10,13H2,1-3H3,(H,22,26). The number of hydrogen-bond acceptors (Lipinski definition) is 5. The Balaban J connectivity index is 1.75. The van der Waals surface area contributed by atoms with E-state index in [0.717, 1.165) is 25.9 Å². The molecule has 8 nitrogen and oxygen atoms in total. The van der Waals surface area contributed by atoms with Crippen molar-refractivity contribution in [2.75, 3.05) is 39.1 Å². The second-order valence-electron chi connectivity index (χ2n) is 6.98. The number of benzene rings is 1. The molecular formula is C20H27N5O3. The Morgan fingerprint density at radius 3 is 2.86 bits per heavy atom. The van der Waals surface area contributed by atoms with Crippen LogP contribution < -0.4 is 15.4 Å². The second-order valence-corrected chi connectivity index (χ2v) is 6.98. The quantitative estimate of drug-likeness (QED) is 0.796. The zero-order chi connectivity index (χ0) is 20.1. The maximum atomic E-state index is 12.7. The van der Waals surface area contributed by atoms with E-state index in [1.165, 1.54) is 4.90 Å². The first-order valence-electron chi connectivity index (χ1n) is 9.55. The Morgan fingerprint density at radius 2 is 2.18 bits per heavy atom. The molecule has 28 heavy (non-hydrogen) atoms. The van der Waals surface area contributed by atoms with Crippen LogP contribution in [0.2, 0.25) is 0 Å². The summed E-state index contributed by atoms with van der Waals surface area (Å²) in [6, 6.07) is 6.99. The number of amides is 2. The zero-order valence-corrected chi connectivity index (χ0v) is 16.6. The number of nitrogens with zero attached hydrogens (tertiary/aromatic N) is 3. The fourth-order valence-corrected chi connectivity index (χ4v) is 3.20. The Kier molecular flexibility index (Phi) is 6.30. The number of carbonyl (C=O) groups is 2. The maximum absolute atomic E-state index is 12.7. The Bertz CT molecular complexity index is 840. The van der Waals surface area contributed by atoms with Crippen molar-refractivity contribution in [3.05, 3.63) is 41.7 Å². The molecular weight excluding hydrogens is 358 g/mol. The van der Waals surface area contributed by atoms with Gasteiger partial charge in [0.1, 0.15) is 5.75 Å². The van der Waals surface area contributed by atoms with Gasteiger partial charge in [-0.05, 0) is 50.6 Å². The molecule has 0 radical (unpaired) electrons. The minimum atomic E-state index is -0.310. The largest absolute Gasteiger partial charge is 0.492 e. The molecule has 2 N–H and O–H groups in total. The van der Waals surface area contributed by atoms with Crippen molar-refractivity contribution in [1.29, 1.82) is 0 Å². The van der Waals surface area contributed by atoms with Gasteiger partial charge in [-0.1, -0.05) is 0 Å². The smallest absolute Gasteiger partial charge is 0.276 e. The monoisotopic (exact) mass is 385 g/mol. The first-order chi connectivity index (χ1) is 13.5. The lowest BCUT2D eigenvalue weighted by Gasteiger charge is -2.22. The van der Waals surface area contributed by atoms with Crippen LogP contribution in [0.3, 0.4) is 0 Å². The number of hydrogen-bond donors (Lipinski definition) is 2. The molecule has 0 bridgehead atoms. The third-order valence-electron chi connectivity index (χ3n) is 4.67. The summed E-state index contributed by atoms with van der Waals surface area (Å²) in [5.74, 6) is 0.0216. The Labute approximate surface area is 164 Å². The van der Waals surface area contributed by atoms with Gasteiger partial charge in [0.05, 0.1) is 18.3 Å². The number of ether oxygens (including phenoxy) is 1. The fraction of sp³-hybridized carbons (Fsp3) is 0.450. The van der Waals surface area contributed by atoms with Gasteiger partial charge in [0.25, 0.3) is 11.8 Å². The van der Waals surface area contributed by atoms with Crippen molar-refractivity contribution in [3.8, 4) is 5.75 Å². The van der Waals surface area contributed by atoms with Crippen molar-refractivity contribution in [2.24, 2.45) is 0 Å².